The summed E-state index contributed by atoms with van der Waals surface area (Å²) in [5.41, 5.74) is 6.40. The van der Waals surface area contributed by atoms with Crippen molar-refractivity contribution in [2.24, 2.45) is 5.73 Å². The van der Waals surface area contributed by atoms with E-state index in [0.29, 0.717) is 16.9 Å². The number of benzene rings is 2. The van der Waals surface area contributed by atoms with E-state index in [-0.39, 0.29) is 30.5 Å². The van der Waals surface area contributed by atoms with E-state index in [9.17, 15) is 10.1 Å². The van der Waals surface area contributed by atoms with Gasteiger partial charge in [0.2, 0.25) is 0 Å². The van der Waals surface area contributed by atoms with E-state index in [0.717, 1.165) is 0 Å². The van der Waals surface area contributed by atoms with E-state index >= 15 is 0 Å². The standard InChI is InChI=1S/C14H13N3O3.ClH/c15-14(16)11-6-2-4-8-13(11)20-9-10-5-1-3-7-12(10)17(18)19;/h1-8H,9H2,(H3,15,16);1H. The Kier molecular flexibility index (Phi) is 5.68. The van der Waals surface area contributed by atoms with Gasteiger partial charge in [-0.1, -0.05) is 24.3 Å². The van der Waals surface area contributed by atoms with Crippen LogP contribution >= 0.6 is 12.4 Å². The summed E-state index contributed by atoms with van der Waals surface area (Å²) in [6, 6.07) is 13.2. The van der Waals surface area contributed by atoms with Crippen LogP contribution in [0, 0.1) is 15.5 Å². The van der Waals surface area contributed by atoms with Crippen LogP contribution in [0.1, 0.15) is 11.1 Å². The molecule has 7 heteroatoms. The molecule has 110 valence electrons. The highest BCUT2D eigenvalue weighted by atomic mass is 35.5. The van der Waals surface area contributed by atoms with Crippen molar-refractivity contribution in [2.45, 2.75) is 6.61 Å². The molecule has 3 N–H and O–H groups in total. The minimum Gasteiger partial charge on any atom is -0.488 e. The third-order valence-electron chi connectivity index (χ3n) is 2.75. The predicted octanol–water partition coefficient (Wildman–Crippen LogP) is 2.88. The maximum Gasteiger partial charge on any atom is 0.276 e. The van der Waals surface area contributed by atoms with E-state index in [1.165, 1.54) is 6.07 Å². The first kappa shape index (κ1) is 16.5. The fraction of sp³-hybridized carbons (Fsp3) is 0.0714. The summed E-state index contributed by atoms with van der Waals surface area (Å²) in [5.74, 6) is 0.321. The van der Waals surface area contributed by atoms with Crippen LogP contribution < -0.4 is 10.5 Å². The van der Waals surface area contributed by atoms with Crippen molar-refractivity contribution in [1.82, 2.24) is 0 Å². The van der Waals surface area contributed by atoms with Crippen LogP contribution in [-0.2, 0) is 6.61 Å². The maximum atomic E-state index is 10.9. The first-order chi connectivity index (χ1) is 9.59. The van der Waals surface area contributed by atoms with E-state index in [1.54, 1.807) is 42.5 Å². The smallest absolute Gasteiger partial charge is 0.276 e. The molecule has 6 nitrogen and oxygen atoms in total. The molecule has 2 aromatic rings. The largest absolute Gasteiger partial charge is 0.488 e. The van der Waals surface area contributed by atoms with E-state index in [1.807, 2.05) is 0 Å². The zero-order valence-corrected chi connectivity index (χ0v) is 11.8. The molecule has 0 aliphatic carbocycles. The first-order valence-corrected chi connectivity index (χ1v) is 5.88. The summed E-state index contributed by atoms with van der Waals surface area (Å²) < 4.78 is 5.55. The van der Waals surface area contributed by atoms with Crippen LogP contribution in [-0.4, -0.2) is 10.8 Å². The number of halogens is 1. The fourth-order valence-electron chi connectivity index (χ4n) is 1.78. The SMILES string of the molecule is Cl.N=C(N)c1ccccc1OCc1ccccc1[N+](=O)[O-]. The molecule has 0 saturated heterocycles. The molecule has 0 heterocycles. The van der Waals surface area contributed by atoms with Crippen molar-refractivity contribution < 1.29 is 9.66 Å². The fourth-order valence-corrected chi connectivity index (χ4v) is 1.78. The summed E-state index contributed by atoms with van der Waals surface area (Å²) in [7, 11) is 0. The predicted molar refractivity (Wildman–Crippen MR) is 82.1 cm³/mol. The number of para-hydroxylation sites is 2. The van der Waals surface area contributed by atoms with Gasteiger partial charge < -0.3 is 10.5 Å². The zero-order chi connectivity index (χ0) is 14.5. The topological polar surface area (TPSA) is 102 Å². The molecule has 2 aromatic carbocycles. The summed E-state index contributed by atoms with van der Waals surface area (Å²) in [6.07, 6.45) is 0. The zero-order valence-electron chi connectivity index (χ0n) is 11.0. The monoisotopic (exact) mass is 307 g/mol. The van der Waals surface area contributed by atoms with Crippen molar-refractivity contribution in [3.63, 3.8) is 0 Å². The Morgan fingerprint density at radius 3 is 2.48 bits per heavy atom. The van der Waals surface area contributed by atoms with Crippen LogP contribution in [0.2, 0.25) is 0 Å². The molecule has 0 fully saturated rings. The van der Waals surface area contributed by atoms with Crippen LogP contribution in [0.5, 0.6) is 5.75 Å². The molecule has 0 aromatic heterocycles. The highest BCUT2D eigenvalue weighted by Crippen LogP contribution is 2.22. The number of nitrogen functional groups attached to an aromatic ring is 1. The quantitative estimate of drug-likeness (QED) is 0.383. The second-order valence-electron chi connectivity index (χ2n) is 4.08. The number of nitrogens with two attached hydrogens (primary N) is 1. The molecule has 0 atom stereocenters. The molecule has 0 unspecified atom stereocenters. The number of nitrogens with one attached hydrogen (secondary N) is 1. The number of nitro groups is 1. The van der Waals surface area contributed by atoms with Gasteiger partial charge in [0, 0.05) is 6.07 Å². The Morgan fingerprint density at radius 2 is 1.81 bits per heavy atom. The molecule has 0 aliphatic heterocycles. The van der Waals surface area contributed by atoms with Gasteiger partial charge in [-0.05, 0) is 18.2 Å². The minimum atomic E-state index is -0.449. The van der Waals surface area contributed by atoms with Crippen LogP contribution in [0.3, 0.4) is 0 Å². The van der Waals surface area contributed by atoms with Gasteiger partial charge in [-0.25, -0.2) is 0 Å². The average molecular weight is 308 g/mol. The molecule has 0 spiro atoms. The number of nitrogens with zero attached hydrogens (tertiary/aromatic N) is 1. The van der Waals surface area contributed by atoms with Gasteiger partial charge in [-0.2, -0.15) is 0 Å². The molecule has 21 heavy (non-hydrogen) atoms. The van der Waals surface area contributed by atoms with Crippen molar-refractivity contribution in [3.05, 3.63) is 69.8 Å². The number of hydrogen-bond acceptors (Lipinski definition) is 4. The number of hydrogen-bond donors (Lipinski definition) is 2. The lowest BCUT2D eigenvalue weighted by Gasteiger charge is -2.10. The lowest BCUT2D eigenvalue weighted by molar-refractivity contribution is -0.385. The number of rotatable bonds is 5. The van der Waals surface area contributed by atoms with Crippen molar-refractivity contribution in [1.29, 1.82) is 5.41 Å². The molecule has 0 aliphatic rings. The van der Waals surface area contributed by atoms with Crippen molar-refractivity contribution in [2.75, 3.05) is 0 Å². The maximum absolute atomic E-state index is 10.9. The number of nitro benzene ring substituents is 1. The number of ether oxygens (including phenoxy) is 1. The van der Waals surface area contributed by atoms with Gasteiger partial charge in [-0.3, -0.25) is 15.5 Å². The first-order valence-electron chi connectivity index (χ1n) is 5.88. The second kappa shape index (κ2) is 7.25. The Bertz CT molecular complexity index is 604. The minimum absolute atomic E-state index is 0. The molecule has 0 amide bonds. The molecular weight excluding hydrogens is 294 g/mol. The average Bonchev–Trinajstić information content (AvgIpc) is 2.45. The van der Waals surface area contributed by atoms with Crippen molar-refractivity contribution >= 4 is 23.9 Å². The summed E-state index contributed by atoms with van der Waals surface area (Å²) in [4.78, 5) is 10.5. The lowest BCUT2D eigenvalue weighted by Crippen LogP contribution is -2.13. The molecule has 2 rings (SSSR count). The van der Waals surface area contributed by atoms with Gasteiger partial charge in [0.1, 0.15) is 18.2 Å². The molecule has 0 radical (unpaired) electrons. The Morgan fingerprint density at radius 1 is 1.19 bits per heavy atom. The summed E-state index contributed by atoms with van der Waals surface area (Å²) in [5, 5.41) is 18.4. The number of amidine groups is 1. The summed E-state index contributed by atoms with van der Waals surface area (Å²) in [6.45, 7) is 0.0431. The van der Waals surface area contributed by atoms with E-state index in [4.69, 9.17) is 15.9 Å². The third kappa shape index (κ3) is 3.93. The van der Waals surface area contributed by atoms with E-state index in [2.05, 4.69) is 0 Å². The van der Waals surface area contributed by atoms with Crippen LogP contribution in [0.15, 0.2) is 48.5 Å². The van der Waals surface area contributed by atoms with Gasteiger partial charge in [-0.15, -0.1) is 12.4 Å². The van der Waals surface area contributed by atoms with Gasteiger partial charge in [0.15, 0.2) is 0 Å². The molecular formula is C14H14ClN3O3. The highest BCUT2D eigenvalue weighted by molar-refractivity contribution is 5.97. The van der Waals surface area contributed by atoms with Crippen LogP contribution in [0.25, 0.3) is 0 Å². The van der Waals surface area contributed by atoms with E-state index < -0.39 is 4.92 Å². The van der Waals surface area contributed by atoms with Gasteiger partial charge in [0.25, 0.3) is 5.69 Å². The Balaban J connectivity index is 0.00000220. The molecule has 0 saturated carbocycles. The van der Waals surface area contributed by atoms with Gasteiger partial charge >= 0.3 is 0 Å². The Labute approximate surface area is 127 Å². The highest BCUT2D eigenvalue weighted by Gasteiger charge is 2.13. The third-order valence-corrected chi connectivity index (χ3v) is 2.75. The Hall–Kier alpha value is -2.60. The van der Waals surface area contributed by atoms with Crippen molar-refractivity contribution in [3.8, 4) is 5.75 Å². The summed E-state index contributed by atoms with van der Waals surface area (Å²) >= 11 is 0. The normalized spacial score (nSPS) is 9.52. The molecule has 0 bridgehead atoms. The lowest BCUT2D eigenvalue weighted by atomic mass is 10.1. The van der Waals surface area contributed by atoms with Gasteiger partial charge in [0.05, 0.1) is 16.1 Å². The second-order valence-corrected chi connectivity index (χ2v) is 4.08. The van der Waals surface area contributed by atoms with Crippen LogP contribution in [0.4, 0.5) is 5.69 Å².